The third-order valence-electron chi connectivity index (χ3n) is 3.46. The Hall–Kier alpha value is -1.36. The Balaban J connectivity index is 1.96. The maximum absolute atomic E-state index is 11.2. The van der Waals surface area contributed by atoms with Crippen molar-refractivity contribution in [1.82, 2.24) is 5.32 Å². The van der Waals surface area contributed by atoms with Gasteiger partial charge in [-0.3, -0.25) is 10.1 Å². The topological polar surface area (TPSA) is 49.3 Å². The number of benzene rings is 1. The first-order chi connectivity index (χ1) is 10.6. The van der Waals surface area contributed by atoms with E-state index >= 15 is 0 Å². The molecule has 5 heteroatoms. The molecule has 0 unspecified atom stereocenters. The quantitative estimate of drug-likeness (QED) is 0.727. The molecule has 0 aliphatic heterocycles. The predicted octanol–water partition coefficient (Wildman–Crippen LogP) is 4.80. The average Bonchev–Trinajstić information content (AvgIpc) is 2.96. The summed E-state index contributed by atoms with van der Waals surface area (Å²) in [4.78, 5) is 13.5. The highest BCUT2D eigenvalue weighted by Crippen LogP contribution is 2.29. The van der Waals surface area contributed by atoms with Crippen LogP contribution in [0.2, 0.25) is 5.02 Å². The number of nitrogens with one attached hydrogen (secondary N) is 1. The number of carboxylic acids is 1. The van der Waals surface area contributed by atoms with Crippen LogP contribution < -0.4 is 5.32 Å². The van der Waals surface area contributed by atoms with Gasteiger partial charge in [0.1, 0.15) is 6.04 Å². The first-order valence-electron chi connectivity index (χ1n) is 7.41. The summed E-state index contributed by atoms with van der Waals surface area (Å²) >= 11 is 7.57. The van der Waals surface area contributed by atoms with Gasteiger partial charge in [0.15, 0.2) is 0 Å². The molecular formula is C17H20ClNO2S. The number of halogens is 1. The molecule has 3 nitrogen and oxygen atoms in total. The Morgan fingerprint density at radius 1 is 1.27 bits per heavy atom. The van der Waals surface area contributed by atoms with Gasteiger partial charge in [0.2, 0.25) is 0 Å². The largest absolute Gasteiger partial charge is 0.480 e. The van der Waals surface area contributed by atoms with E-state index in [-0.39, 0.29) is 0 Å². The van der Waals surface area contributed by atoms with Crippen LogP contribution in [0.4, 0.5) is 0 Å². The van der Waals surface area contributed by atoms with Crippen molar-refractivity contribution in [3.8, 4) is 10.4 Å². The van der Waals surface area contributed by atoms with Crippen LogP contribution in [0, 0.1) is 0 Å². The highest BCUT2D eigenvalue weighted by Gasteiger charge is 2.16. The van der Waals surface area contributed by atoms with Crippen LogP contribution in [0.25, 0.3) is 10.4 Å². The molecule has 2 aromatic rings. The minimum atomic E-state index is -0.775. The standard InChI is InChI=1S/C17H20ClNO2S/c1-2-3-4-15(17(20)21)19-11-14-9-10-16(22-14)12-5-7-13(18)8-6-12/h5-10,15,19H,2-4,11H2,1H3,(H,20,21)/t15-/m0/s1. The van der Waals surface area contributed by atoms with Crippen LogP contribution >= 0.6 is 22.9 Å². The maximum Gasteiger partial charge on any atom is 0.320 e. The number of carboxylic acid groups (broad SMARTS) is 1. The lowest BCUT2D eigenvalue weighted by molar-refractivity contribution is -0.139. The number of carbonyl (C=O) groups is 1. The van der Waals surface area contributed by atoms with Gasteiger partial charge in [0.25, 0.3) is 0 Å². The van der Waals surface area contributed by atoms with Gasteiger partial charge in [-0.15, -0.1) is 11.3 Å². The summed E-state index contributed by atoms with van der Waals surface area (Å²) in [6.45, 7) is 2.65. The second-order valence-corrected chi connectivity index (χ2v) is 6.79. The van der Waals surface area contributed by atoms with E-state index in [9.17, 15) is 9.90 Å². The van der Waals surface area contributed by atoms with Crippen molar-refractivity contribution in [2.24, 2.45) is 0 Å². The molecule has 0 spiro atoms. The molecule has 0 saturated carbocycles. The Morgan fingerprint density at radius 3 is 2.64 bits per heavy atom. The van der Waals surface area contributed by atoms with Crippen LogP contribution in [0.15, 0.2) is 36.4 Å². The van der Waals surface area contributed by atoms with Crippen LogP contribution in [-0.2, 0) is 11.3 Å². The monoisotopic (exact) mass is 337 g/mol. The van der Waals surface area contributed by atoms with E-state index in [1.165, 1.54) is 0 Å². The van der Waals surface area contributed by atoms with E-state index in [2.05, 4.69) is 18.3 Å². The van der Waals surface area contributed by atoms with Gasteiger partial charge in [-0.25, -0.2) is 0 Å². The van der Waals surface area contributed by atoms with Gasteiger partial charge < -0.3 is 5.11 Å². The molecule has 1 aromatic heterocycles. The first kappa shape index (κ1) is 17.0. The molecule has 0 saturated heterocycles. The van der Waals surface area contributed by atoms with Crippen molar-refractivity contribution in [3.05, 3.63) is 46.3 Å². The normalized spacial score (nSPS) is 12.3. The molecule has 0 aliphatic rings. The molecule has 0 radical (unpaired) electrons. The number of aliphatic carboxylic acids is 1. The minimum Gasteiger partial charge on any atom is -0.480 e. The summed E-state index contributed by atoms with van der Waals surface area (Å²) in [5, 5.41) is 13.1. The zero-order chi connectivity index (χ0) is 15.9. The summed E-state index contributed by atoms with van der Waals surface area (Å²) in [5.74, 6) is -0.775. The lowest BCUT2D eigenvalue weighted by Gasteiger charge is -2.13. The van der Waals surface area contributed by atoms with E-state index < -0.39 is 12.0 Å². The first-order valence-corrected chi connectivity index (χ1v) is 8.60. The minimum absolute atomic E-state index is 0.471. The van der Waals surface area contributed by atoms with Crippen LogP contribution in [0.3, 0.4) is 0 Å². The fraction of sp³-hybridized carbons (Fsp3) is 0.353. The van der Waals surface area contributed by atoms with Crippen LogP contribution in [0.1, 0.15) is 31.1 Å². The van der Waals surface area contributed by atoms with E-state index in [4.69, 9.17) is 11.6 Å². The molecule has 2 N–H and O–H groups in total. The molecule has 2 rings (SSSR count). The van der Waals surface area contributed by atoms with Crippen molar-refractivity contribution >= 4 is 28.9 Å². The molecular weight excluding hydrogens is 318 g/mol. The Labute approximate surface area is 139 Å². The van der Waals surface area contributed by atoms with Crippen LogP contribution in [0.5, 0.6) is 0 Å². The third-order valence-corrected chi connectivity index (χ3v) is 4.84. The van der Waals surface area contributed by atoms with E-state index in [0.29, 0.717) is 13.0 Å². The number of hydrogen-bond donors (Lipinski definition) is 2. The second kappa shape index (κ2) is 8.32. The van der Waals surface area contributed by atoms with Crippen molar-refractivity contribution in [2.45, 2.75) is 38.8 Å². The molecule has 1 atom stereocenters. The summed E-state index contributed by atoms with van der Waals surface area (Å²) < 4.78 is 0. The Bertz CT molecular complexity index is 609. The SMILES string of the molecule is CCCC[C@H](NCc1ccc(-c2ccc(Cl)cc2)s1)C(=O)O. The van der Waals surface area contributed by atoms with Gasteiger partial charge in [0.05, 0.1) is 0 Å². The summed E-state index contributed by atoms with van der Waals surface area (Å²) in [7, 11) is 0. The van der Waals surface area contributed by atoms with Crippen molar-refractivity contribution in [3.63, 3.8) is 0 Å². The van der Waals surface area contributed by atoms with Gasteiger partial charge in [0, 0.05) is 21.3 Å². The molecule has 0 bridgehead atoms. The van der Waals surface area contributed by atoms with E-state index in [1.807, 2.05) is 30.3 Å². The zero-order valence-electron chi connectivity index (χ0n) is 12.5. The Kier molecular flexibility index (Phi) is 6.43. The predicted molar refractivity (Wildman–Crippen MR) is 92.6 cm³/mol. The fourth-order valence-electron chi connectivity index (χ4n) is 2.19. The highest BCUT2D eigenvalue weighted by molar-refractivity contribution is 7.15. The average molecular weight is 338 g/mol. The maximum atomic E-state index is 11.2. The van der Waals surface area contributed by atoms with Crippen molar-refractivity contribution in [1.29, 1.82) is 0 Å². The zero-order valence-corrected chi connectivity index (χ0v) is 14.1. The molecule has 1 aromatic carbocycles. The van der Waals surface area contributed by atoms with Gasteiger partial charge in [-0.05, 0) is 36.2 Å². The summed E-state index contributed by atoms with van der Waals surface area (Å²) in [6, 6.07) is 11.4. The van der Waals surface area contributed by atoms with Gasteiger partial charge >= 0.3 is 5.97 Å². The van der Waals surface area contributed by atoms with Gasteiger partial charge in [-0.1, -0.05) is 43.5 Å². The highest BCUT2D eigenvalue weighted by atomic mass is 35.5. The van der Waals surface area contributed by atoms with Gasteiger partial charge in [-0.2, -0.15) is 0 Å². The molecule has 0 amide bonds. The summed E-state index contributed by atoms with van der Waals surface area (Å²) in [6.07, 6.45) is 2.59. The lowest BCUT2D eigenvalue weighted by atomic mass is 10.1. The molecule has 118 valence electrons. The lowest BCUT2D eigenvalue weighted by Crippen LogP contribution is -2.35. The molecule has 22 heavy (non-hydrogen) atoms. The number of unbranched alkanes of at least 4 members (excludes halogenated alkanes) is 1. The number of thiophene rings is 1. The fourth-order valence-corrected chi connectivity index (χ4v) is 3.28. The molecule has 0 fully saturated rings. The Morgan fingerprint density at radius 2 is 2.00 bits per heavy atom. The van der Waals surface area contributed by atoms with E-state index in [0.717, 1.165) is 33.2 Å². The van der Waals surface area contributed by atoms with Crippen molar-refractivity contribution < 1.29 is 9.90 Å². The molecule has 0 aliphatic carbocycles. The summed E-state index contributed by atoms with van der Waals surface area (Å²) in [5.41, 5.74) is 1.13. The third kappa shape index (κ3) is 4.83. The number of rotatable bonds is 8. The smallest absolute Gasteiger partial charge is 0.320 e. The van der Waals surface area contributed by atoms with Crippen molar-refractivity contribution in [2.75, 3.05) is 0 Å². The van der Waals surface area contributed by atoms with Crippen LogP contribution in [-0.4, -0.2) is 17.1 Å². The molecule has 1 heterocycles. The van der Waals surface area contributed by atoms with E-state index in [1.54, 1.807) is 11.3 Å². The number of hydrogen-bond acceptors (Lipinski definition) is 3. The second-order valence-electron chi connectivity index (χ2n) is 5.19.